The van der Waals surface area contributed by atoms with Crippen molar-refractivity contribution in [1.29, 1.82) is 0 Å². The van der Waals surface area contributed by atoms with Crippen molar-refractivity contribution in [2.75, 3.05) is 17.2 Å². The molecule has 3 aliphatic heterocycles. The Bertz CT molecular complexity index is 1030. The van der Waals surface area contributed by atoms with Crippen molar-refractivity contribution in [3.05, 3.63) is 41.1 Å². The molecule has 3 N–H and O–H groups in total. The molecule has 4 heterocycles. The van der Waals surface area contributed by atoms with Crippen LogP contribution in [0.1, 0.15) is 40.7 Å². The lowest BCUT2D eigenvalue weighted by Gasteiger charge is -2.30. The first-order chi connectivity index (χ1) is 14.0. The fourth-order valence-corrected chi connectivity index (χ4v) is 4.49. The number of amides is 3. The molecule has 150 valence electrons. The summed E-state index contributed by atoms with van der Waals surface area (Å²) in [5.41, 5.74) is 9.30. The molecule has 29 heavy (non-hydrogen) atoms. The molecule has 0 aliphatic carbocycles. The van der Waals surface area contributed by atoms with Gasteiger partial charge in [0.15, 0.2) is 5.82 Å². The van der Waals surface area contributed by atoms with Gasteiger partial charge in [-0.1, -0.05) is 12.1 Å². The maximum atomic E-state index is 13.0. The Morgan fingerprint density at radius 2 is 2.07 bits per heavy atom. The zero-order chi connectivity index (χ0) is 20.1. The molecular formula is C20H22N6O3. The second-order valence-electron chi connectivity index (χ2n) is 7.81. The van der Waals surface area contributed by atoms with Gasteiger partial charge in [-0.05, 0) is 30.0 Å². The number of benzene rings is 1. The number of carbonyl (C=O) groups excluding carboxylic acids is 3. The third kappa shape index (κ3) is 2.93. The molecule has 1 saturated heterocycles. The monoisotopic (exact) mass is 394 g/mol. The van der Waals surface area contributed by atoms with Gasteiger partial charge < -0.3 is 15.5 Å². The van der Waals surface area contributed by atoms with E-state index in [0.29, 0.717) is 30.8 Å². The van der Waals surface area contributed by atoms with Crippen LogP contribution in [0.4, 0.5) is 11.5 Å². The van der Waals surface area contributed by atoms with E-state index in [1.165, 1.54) is 0 Å². The number of imide groups is 1. The zero-order valence-corrected chi connectivity index (χ0v) is 15.9. The fraction of sp³-hybridized carbons (Fsp3) is 0.400. The molecule has 1 fully saturated rings. The van der Waals surface area contributed by atoms with Gasteiger partial charge in [0.1, 0.15) is 6.04 Å². The molecule has 1 atom stereocenters. The summed E-state index contributed by atoms with van der Waals surface area (Å²) in [5, 5.41) is 6.65. The van der Waals surface area contributed by atoms with E-state index in [2.05, 4.69) is 15.3 Å². The average Bonchev–Trinajstić information content (AvgIpc) is 3.23. The largest absolute Gasteiger partial charge is 0.394 e. The molecule has 0 radical (unpaired) electrons. The van der Waals surface area contributed by atoms with Crippen LogP contribution in [-0.2, 0) is 29.2 Å². The van der Waals surface area contributed by atoms with Crippen LogP contribution >= 0.6 is 0 Å². The van der Waals surface area contributed by atoms with Crippen LogP contribution in [0, 0.1) is 0 Å². The Balaban J connectivity index is 1.37. The van der Waals surface area contributed by atoms with Crippen molar-refractivity contribution >= 4 is 29.2 Å². The smallest absolute Gasteiger partial charge is 0.255 e. The quantitative estimate of drug-likeness (QED) is 0.739. The Labute approximate surface area is 167 Å². The molecule has 9 heteroatoms. The molecular weight excluding hydrogens is 372 g/mol. The second kappa shape index (κ2) is 6.61. The van der Waals surface area contributed by atoms with Crippen molar-refractivity contribution in [3.63, 3.8) is 0 Å². The first-order valence-corrected chi connectivity index (χ1v) is 9.84. The number of hydrogen-bond acceptors (Lipinski definition) is 6. The number of nitrogens with zero attached hydrogens (tertiary/aromatic N) is 4. The second-order valence-corrected chi connectivity index (χ2v) is 7.81. The predicted octanol–water partition coefficient (Wildman–Crippen LogP) is 0.637. The Morgan fingerprint density at radius 1 is 1.21 bits per heavy atom. The van der Waals surface area contributed by atoms with Crippen LogP contribution in [0.2, 0.25) is 0 Å². The summed E-state index contributed by atoms with van der Waals surface area (Å²) < 4.78 is 1.92. The third-order valence-electron chi connectivity index (χ3n) is 5.90. The van der Waals surface area contributed by atoms with Crippen molar-refractivity contribution < 1.29 is 14.4 Å². The van der Waals surface area contributed by atoms with Crippen LogP contribution in [0.3, 0.4) is 0 Å². The highest BCUT2D eigenvalue weighted by Gasteiger charge is 2.39. The number of aromatic nitrogens is 2. The molecule has 3 amide bonds. The predicted molar refractivity (Wildman–Crippen MR) is 105 cm³/mol. The van der Waals surface area contributed by atoms with E-state index in [-0.39, 0.29) is 24.1 Å². The Hall–Kier alpha value is -3.36. The van der Waals surface area contributed by atoms with E-state index in [0.717, 1.165) is 36.5 Å². The summed E-state index contributed by atoms with van der Waals surface area (Å²) >= 11 is 0. The summed E-state index contributed by atoms with van der Waals surface area (Å²) in [6.45, 7) is 2.76. The fourth-order valence-electron chi connectivity index (χ4n) is 4.49. The van der Waals surface area contributed by atoms with Crippen LogP contribution in [0.5, 0.6) is 0 Å². The van der Waals surface area contributed by atoms with Gasteiger partial charge in [0.05, 0.1) is 11.9 Å². The summed E-state index contributed by atoms with van der Waals surface area (Å²) in [6, 6.07) is 5.30. The SMILES string of the molecule is Nc1cnn2c1N(Cc1ccc3c(c1)C(=O)N(C1CCC(=O)NC1=O)C3)CCC2. The lowest BCUT2D eigenvalue weighted by atomic mass is 10.0. The first kappa shape index (κ1) is 17.7. The number of anilines is 2. The summed E-state index contributed by atoms with van der Waals surface area (Å²) in [6.07, 6.45) is 3.29. The Kier molecular flexibility index (Phi) is 4.04. The van der Waals surface area contributed by atoms with Gasteiger partial charge in [0, 0.05) is 38.2 Å². The standard InChI is InChI=1S/C20H22N6O3/c21-15-9-22-26-7-1-6-24(19(15)26)10-12-2-3-13-11-25(20(29)14(13)8-12)16-4-5-17(27)23-18(16)28/h2-3,8-9,16H,1,4-7,10-11,21H2,(H,23,27,28). The molecule has 1 aromatic carbocycles. The molecule has 0 saturated carbocycles. The number of rotatable bonds is 3. The van der Waals surface area contributed by atoms with Crippen molar-refractivity contribution in [2.45, 2.75) is 44.9 Å². The Morgan fingerprint density at radius 3 is 2.90 bits per heavy atom. The van der Waals surface area contributed by atoms with Crippen molar-refractivity contribution in [2.24, 2.45) is 0 Å². The lowest BCUT2D eigenvalue weighted by Crippen LogP contribution is -2.52. The number of piperidine rings is 1. The lowest BCUT2D eigenvalue weighted by molar-refractivity contribution is -0.136. The van der Waals surface area contributed by atoms with E-state index < -0.39 is 6.04 Å². The van der Waals surface area contributed by atoms with E-state index >= 15 is 0 Å². The van der Waals surface area contributed by atoms with E-state index in [9.17, 15) is 14.4 Å². The number of nitrogens with two attached hydrogens (primary N) is 1. The molecule has 9 nitrogen and oxygen atoms in total. The molecule has 2 aromatic rings. The topological polar surface area (TPSA) is 114 Å². The first-order valence-electron chi connectivity index (χ1n) is 9.84. The summed E-state index contributed by atoms with van der Waals surface area (Å²) in [5.74, 6) is 0.102. The molecule has 1 unspecified atom stereocenters. The number of nitrogens with one attached hydrogen (secondary N) is 1. The highest BCUT2D eigenvalue weighted by molar-refractivity contribution is 6.05. The van der Waals surface area contributed by atoms with Gasteiger partial charge in [0.2, 0.25) is 11.8 Å². The van der Waals surface area contributed by atoms with Crippen LogP contribution in [-0.4, -0.2) is 45.0 Å². The van der Waals surface area contributed by atoms with Gasteiger partial charge in [0.25, 0.3) is 5.91 Å². The minimum absolute atomic E-state index is 0.153. The normalized spacial score (nSPS) is 21.2. The van der Waals surface area contributed by atoms with E-state index in [1.54, 1.807) is 11.1 Å². The van der Waals surface area contributed by atoms with Gasteiger partial charge in [-0.2, -0.15) is 5.10 Å². The molecule has 5 rings (SSSR count). The molecule has 1 aromatic heterocycles. The highest BCUT2D eigenvalue weighted by Crippen LogP contribution is 2.31. The molecule has 0 spiro atoms. The van der Waals surface area contributed by atoms with Gasteiger partial charge in [-0.15, -0.1) is 0 Å². The van der Waals surface area contributed by atoms with Gasteiger partial charge in [-0.3, -0.25) is 19.7 Å². The summed E-state index contributed by atoms with van der Waals surface area (Å²) in [7, 11) is 0. The average molecular weight is 394 g/mol. The number of fused-ring (bicyclic) bond motifs is 2. The van der Waals surface area contributed by atoms with Crippen molar-refractivity contribution in [3.8, 4) is 0 Å². The number of hydrogen-bond donors (Lipinski definition) is 2. The molecule has 0 bridgehead atoms. The van der Waals surface area contributed by atoms with Crippen LogP contribution in [0.15, 0.2) is 24.4 Å². The summed E-state index contributed by atoms with van der Waals surface area (Å²) in [4.78, 5) is 40.3. The van der Waals surface area contributed by atoms with Crippen LogP contribution < -0.4 is 16.0 Å². The van der Waals surface area contributed by atoms with Crippen molar-refractivity contribution in [1.82, 2.24) is 20.0 Å². The zero-order valence-electron chi connectivity index (χ0n) is 15.9. The maximum absolute atomic E-state index is 13.0. The van der Waals surface area contributed by atoms with Gasteiger partial charge in [-0.25, -0.2) is 4.68 Å². The van der Waals surface area contributed by atoms with Crippen LogP contribution in [0.25, 0.3) is 0 Å². The number of nitrogen functional groups attached to an aromatic ring is 1. The number of aryl methyl sites for hydroxylation is 1. The van der Waals surface area contributed by atoms with Gasteiger partial charge >= 0.3 is 0 Å². The third-order valence-corrected chi connectivity index (χ3v) is 5.90. The van der Waals surface area contributed by atoms with E-state index in [1.807, 2.05) is 22.9 Å². The minimum Gasteiger partial charge on any atom is -0.394 e. The highest BCUT2D eigenvalue weighted by atomic mass is 16.2. The molecule has 3 aliphatic rings. The van der Waals surface area contributed by atoms with E-state index in [4.69, 9.17) is 5.73 Å². The number of carbonyl (C=O) groups is 3. The minimum atomic E-state index is -0.590. The maximum Gasteiger partial charge on any atom is 0.255 e.